The standard InChI is InChI=1S/C24H27N3O3S/c1-17-11-12-19(24(2,3)4)15-22(17)31(29,30)27-20-10-7-8-18(14-20)23(28)26-16-21-9-5-6-13-25-21/h5-15,27H,16H2,1-4H3,(H,26,28). The fourth-order valence-corrected chi connectivity index (χ4v) is 4.39. The molecule has 0 radical (unpaired) electrons. The van der Waals surface area contributed by atoms with Crippen molar-refractivity contribution in [3.05, 3.63) is 89.2 Å². The quantitative estimate of drug-likeness (QED) is 0.598. The van der Waals surface area contributed by atoms with Crippen LogP contribution in [0.1, 0.15) is 48.0 Å². The number of aromatic nitrogens is 1. The lowest BCUT2D eigenvalue weighted by molar-refractivity contribution is 0.0950. The van der Waals surface area contributed by atoms with E-state index in [2.05, 4.69) is 15.0 Å². The SMILES string of the molecule is Cc1ccc(C(C)(C)C)cc1S(=O)(=O)Nc1cccc(C(=O)NCc2ccccn2)c1. The Labute approximate surface area is 183 Å². The van der Waals surface area contributed by atoms with E-state index in [0.29, 0.717) is 16.8 Å². The van der Waals surface area contributed by atoms with Gasteiger partial charge in [0.2, 0.25) is 0 Å². The fraction of sp³-hybridized carbons (Fsp3) is 0.250. The van der Waals surface area contributed by atoms with E-state index in [9.17, 15) is 13.2 Å². The zero-order valence-electron chi connectivity index (χ0n) is 18.1. The number of anilines is 1. The number of nitrogens with zero attached hydrogens (tertiary/aromatic N) is 1. The molecule has 0 saturated carbocycles. The van der Waals surface area contributed by atoms with Gasteiger partial charge in [-0.15, -0.1) is 0 Å². The molecule has 1 aromatic heterocycles. The van der Waals surface area contributed by atoms with E-state index < -0.39 is 10.0 Å². The summed E-state index contributed by atoms with van der Waals surface area (Å²) in [5.74, 6) is -0.308. The molecule has 0 atom stereocenters. The summed E-state index contributed by atoms with van der Waals surface area (Å²) in [6.45, 7) is 8.16. The van der Waals surface area contributed by atoms with E-state index >= 15 is 0 Å². The number of nitrogens with one attached hydrogen (secondary N) is 2. The van der Waals surface area contributed by atoms with Crippen molar-refractivity contribution < 1.29 is 13.2 Å². The normalized spacial score (nSPS) is 11.7. The Bertz CT molecular complexity index is 1180. The Morgan fingerprint density at radius 1 is 1.00 bits per heavy atom. The zero-order chi connectivity index (χ0) is 22.6. The molecule has 6 nitrogen and oxygen atoms in total. The number of pyridine rings is 1. The smallest absolute Gasteiger partial charge is 0.262 e. The van der Waals surface area contributed by atoms with E-state index in [0.717, 1.165) is 11.3 Å². The number of carbonyl (C=O) groups excluding carboxylic acids is 1. The predicted molar refractivity (Wildman–Crippen MR) is 123 cm³/mol. The topological polar surface area (TPSA) is 88.2 Å². The Hall–Kier alpha value is -3.19. The van der Waals surface area contributed by atoms with Gasteiger partial charge in [-0.05, 0) is 59.9 Å². The number of carbonyl (C=O) groups is 1. The highest BCUT2D eigenvalue weighted by Gasteiger charge is 2.22. The molecule has 162 valence electrons. The van der Waals surface area contributed by atoms with Crippen molar-refractivity contribution >= 4 is 21.6 Å². The minimum atomic E-state index is -3.82. The van der Waals surface area contributed by atoms with Crippen molar-refractivity contribution in [1.29, 1.82) is 0 Å². The molecule has 0 saturated heterocycles. The van der Waals surface area contributed by atoms with Gasteiger partial charge >= 0.3 is 0 Å². The van der Waals surface area contributed by atoms with Crippen molar-refractivity contribution in [3.63, 3.8) is 0 Å². The molecular formula is C24H27N3O3S. The first-order valence-corrected chi connectivity index (χ1v) is 11.5. The average Bonchev–Trinajstić information content (AvgIpc) is 2.72. The fourth-order valence-electron chi connectivity index (χ4n) is 3.07. The number of sulfonamides is 1. The van der Waals surface area contributed by atoms with E-state index in [1.807, 2.05) is 45.0 Å². The minimum Gasteiger partial charge on any atom is -0.346 e. The lowest BCUT2D eigenvalue weighted by Gasteiger charge is -2.21. The summed E-state index contributed by atoms with van der Waals surface area (Å²) in [5.41, 5.74) is 2.83. The molecule has 7 heteroatoms. The largest absolute Gasteiger partial charge is 0.346 e. The summed E-state index contributed by atoms with van der Waals surface area (Å²) >= 11 is 0. The molecular weight excluding hydrogens is 410 g/mol. The van der Waals surface area contributed by atoms with Gasteiger partial charge < -0.3 is 5.32 Å². The van der Waals surface area contributed by atoms with Gasteiger partial charge in [0.1, 0.15) is 0 Å². The van der Waals surface area contributed by atoms with E-state index in [1.165, 1.54) is 6.07 Å². The molecule has 3 aromatic rings. The van der Waals surface area contributed by atoms with E-state index in [1.54, 1.807) is 43.5 Å². The van der Waals surface area contributed by atoms with Crippen LogP contribution in [0.15, 0.2) is 71.8 Å². The van der Waals surface area contributed by atoms with Gasteiger partial charge in [0.25, 0.3) is 15.9 Å². The highest BCUT2D eigenvalue weighted by atomic mass is 32.2. The second kappa shape index (κ2) is 8.89. The second-order valence-electron chi connectivity index (χ2n) is 8.42. The average molecular weight is 438 g/mol. The molecule has 0 bridgehead atoms. The number of aryl methyl sites for hydroxylation is 1. The number of rotatable bonds is 6. The maximum absolute atomic E-state index is 13.1. The minimum absolute atomic E-state index is 0.177. The second-order valence-corrected chi connectivity index (χ2v) is 10.1. The van der Waals surface area contributed by atoms with Crippen molar-refractivity contribution in [1.82, 2.24) is 10.3 Å². The maximum Gasteiger partial charge on any atom is 0.262 e. The first-order valence-electron chi connectivity index (χ1n) is 9.98. The third kappa shape index (κ3) is 5.70. The van der Waals surface area contributed by atoms with Crippen molar-refractivity contribution in [2.24, 2.45) is 0 Å². The summed E-state index contributed by atoms with van der Waals surface area (Å²) in [6, 6.07) is 17.4. The number of hydrogen-bond donors (Lipinski definition) is 2. The third-order valence-electron chi connectivity index (χ3n) is 4.88. The van der Waals surface area contributed by atoms with Crippen LogP contribution in [-0.2, 0) is 22.0 Å². The maximum atomic E-state index is 13.1. The molecule has 0 aliphatic rings. The van der Waals surface area contributed by atoms with Crippen molar-refractivity contribution in [2.75, 3.05) is 4.72 Å². The zero-order valence-corrected chi connectivity index (χ0v) is 19.0. The van der Waals surface area contributed by atoms with Crippen LogP contribution < -0.4 is 10.0 Å². The van der Waals surface area contributed by atoms with Gasteiger partial charge in [0, 0.05) is 17.4 Å². The Balaban J connectivity index is 1.79. The summed E-state index contributed by atoms with van der Waals surface area (Å²) in [7, 11) is -3.82. The Morgan fingerprint density at radius 3 is 2.45 bits per heavy atom. The van der Waals surface area contributed by atoms with Crippen LogP contribution in [-0.4, -0.2) is 19.3 Å². The molecule has 2 aromatic carbocycles. The lowest BCUT2D eigenvalue weighted by atomic mass is 9.87. The van der Waals surface area contributed by atoms with E-state index in [-0.39, 0.29) is 22.8 Å². The van der Waals surface area contributed by atoms with Crippen LogP contribution in [0.25, 0.3) is 0 Å². The van der Waals surface area contributed by atoms with Crippen LogP contribution in [0.3, 0.4) is 0 Å². The Kier molecular flexibility index (Phi) is 6.45. The molecule has 0 aliphatic heterocycles. The molecule has 1 amide bonds. The molecule has 31 heavy (non-hydrogen) atoms. The van der Waals surface area contributed by atoms with E-state index in [4.69, 9.17) is 0 Å². The number of benzene rings is 2. The van der Waals surface area contributed by atoms with Crippen molar-refractivity contribution in [3.8, 4) is 0 Å². The molecule has 2 N–H and O–H groups in total. The third-order valence-corrected chi connectivity index (χ3v) is 6.40. The van der Waals surface area contributed by atoms with Crippen LogP contribution in [0.5, 0.6) is 0 Å². The predicted octanol–water partition coefficient (Wildman–Crippen LogP) is 4.42. The molecule has 0 fully saturated rings. The lowest BCUT2D eigenvalue weighted by Crippen LogP contribution is -2.23. The Morgan fingerprint density at radius 2 is 1.77 bits per heavy atom. The van der Waals surface area contributed by atoms with Crippen LogP contribution in [0, 0.1) is 6.92 Å². The van der Waals surface area contributed by atoms with Crippen molar-refractivity contribution in [2.45, 2.75) is 44.6 Å². The molecule has 0 aliphatic carbocycles. The number of amides is 1. The van der Waals surface area contributed by atoms with Crippen LogP contribution in [0.2, 0.25) is 0 Å². The molecule has 3 rings (SSSR count). The number of hydrogen-bond acceptors (Lipinski definition) is 4. The summed E-state index contributed by atoms with van der Waals surface area (Å²) in [6.07, 6.45) is 1.66. The monoisotopic (exact) mass is 437 g/mol. The van der Waals surface area contributed by atoms with Gasteiger partial charge in [0.15, 0.2) is 0 Å². The molecule has 1 heterocycles. The summed E-state index contributed by atoms with van der Waals surface area (Å²) < 4.78 is 28.8. The van der Waals surface area contributed by atoms with Gasteiger partial charge in [0.05, 0.1) is 17.1 Å². The highest BCUT2D eigenvalue weighted by Crippen LogP contribution is 2.28. The summed E-state index contributed by atoms with van der Waals surface area (Å²) in [4.78, 5) is 16.9. The highest BCUT2D eigenvalue weighted by molar-refractivity contribution is 7.92. The summed E-state index contributed by atoms with van der Waals surface area (Å²) in [5, 5.41) is 2.79. The van der Waals surface area contributed by atoms with Crippen LogP contribution in [0.4, 0.5) is 5.69 Å². The first kappa shape index (κ1) is 22.5. The van der Waals surface area contributed by atoms with Gasteiger partial charge in [-0.2, -0.15) is 0 Å². The van der Waals surface area contributed by atoms with Crippen LogP contribution >= 0.6 is 0 Å². The van der Waals surface area contributed by atoms with Gasteiger partial charge in [-0.25, -0.2) is 8.42 Å². The molecule has 0 unspecified atom stereocenters. The molecule has 0 spiro atoms. The first-order chi connectivity index (χ1) is 14.6. The van der Waals surface area contributed by atoms with Gasteiger partial charge in [-0.1, -0.05) is 45.0 Å². The van der Waals surface area contributed by atoms with Gasteiger partial charge in [-0.3, -0.25) is 14.5 Å².